The number of carbonyl (C=O) groups excluding carboxylic acids is 1. The van der Waals surface area contributed by atoms with Gasteiger partial charge in [0.1, 0.15) is 5.75 Å². The number of hydrogen-bond acceptors (Lipinski definition) is 6. The number of nitrogens with zero attached hydrogens (tertiary/aromatic N) is 2. The van der Waals surface area contributed by atoms with Crippen molar-refractivity contribution in [2.24, 2.45) is 0 Å². The van der Waals surface area contributed by atoms with Crippen molar-refractivity contribution in [3.63, 3.8) is 0 Å². The fourth-order valence-electron chi connectivity index (χ4n) is 3.39. The van der Waals surface area contributed by atoms with Crippen LogP contribution in [-0.4, -0.2) is 26.8 Å². The molecule has 3 aromatic rings. The molecule has 34 heavy (non-hydrogen) atoms. The molecule has 8 nitrogen and oxygen atoms in total. The number of esters is 1. The van der Waals surface area contributed by atoms with Crippen molar-refractivity contribution in [1.82, 2.24) is 14.6 Å². The summed E-state index contributed by atoms with van der Waals surface area (Å²) in [7, 11) is 0. The smallest absolute Gasteiger partial charge is 0.336 e. The third-order valence-electron chi connectivity index (χ3n) is 4.96. The molecule has 0 spiro atoms. The Bertz CT molecular complexity index is 1250. The van der Waals surface area contributed by atoms with Crippen molar-refractivity contribution >= 4 is 11.7 Å². The zero-order chi connectivity index (χ0) is 24.7. The van der Waals surface area contributed by atoms with Crippen molar-refractivity contribution in [3.8, 4) is 17.3 Å². The molecule has 1 aromatic heterocycles. The zero-order valence-electron chi connectivity index (χ0n) is 19.0. The molecule has 0 radical (unpaired) electrons. The molecule has 0 atom stereocenters. The molecule has 0 aliphatic carbocycles. The van der Waals surface area contributed by atoms with E-state index in [2.05, 4.69) is 25.2 Å². The van der Waals surface area contributed by atoms with Crippen molar-refractivity contribution in [2.75, 3.05) is 6.61 Å². The van der Waals surface area contributed by atoms with Gasteiger partial charge < -0.3 is 9.84 Å². The molecule has 8 heteroatoms. The van der Waals surface area contributed by atoms with E-state index in [1.807, 2.05) is 0 Å². The minimum atomic E-state index is -0.406. The highest BCUT2D eigenvalue weighted by Gasteiger charge is 2.20. The lowest BCUT2D eigenvalue weighted by Gasteiger charge is -2.10. The van der Waals surface area contributed by atoms with Gasteiger partial charge in [0.2, 0.25) is 5.88 Å². The van der Waals surface area contributed by atoms with Crippen LogP contribution in [0.5, 0.6) is 11.6 Å². The Hall–Kier alpha value is -4.30. The van der Waals surface area contributed by atoms with E-state index in [1.165, 1.54) is 16.1 Å². The van der Waals surface area contributed by atoms with Crippen LogP contribution in [0.25, 0.3) is 11.4 Å². The second-order valence-electron chi connectivity index (χ2n) is 7.43. The SMILES string of the molecule is C=CCONC(=C)c1ccc(-n2c(O)c(Cc3ccc(OC(C)=O)cc3)n(CC=C)c2=O)cc1. The predicted octanol–water partition coefficient (Wildman–Crippen LogP) is 3.72. The number of rotatable bonds is 11. The molecule has 2 N–H and O–H groups in total. The van der Waals surface area contributed by atoms with Crippen LogP contribution in [0.4, 0.5) is 0 Å². The molecule has 0 unspecified atom stereocenters. The topological polar surface area (TPSA) is 94.7 Å². The monoisotopic (exact) mass is 461 g/mol. The average molecular weight is 462 g/mol. The van der Waals surface area contributed by atoms with E-state index < -0.39 is 5.97 Å². The molecule has 0 fully saturated rings. The van der Waals surface area contributed by atoms with Crippen LogP contribution in [0.2, 0.25) is 0 Å². The van der Waals surface area contributed by atoms with Crippen LogP contribution in [0, 0.1) is 0 Å². The van der Waals surface area contributed by atoms with E-state index in [0.717, 1.165) is 11.1 Å². The number of aromatic hydroxyl groups is 1. The van der Waals surface area contributed by atoms with E-state index in [4.69, 9.17) is 9.57 Å². The molecule has 2 aromatic carbocycles. The minimum Gasteiger partial charge on any atom is -0.493 e. The van der Waals surface area contributed by atoms with Crippen LogP contribution in [0.15, 0.2) is 85.2 Å². The van der Waals surface area contributed by atoms with Gasteiger partial charge in [0.15, 0.2) is 0 Å². The molecule has 1 heterocycles. The van der Waals surface area contributed by atoms with Gasteiger partial charge in [0.25, 0.3) is 0 Å². The Labute approximate surface area is 197 Å². The molecule has 0 aliphatic heterocycles. The average Bonchev–Trinajstić information content (AvgIpc) is 3.04. The Morgan fingerprint density at radius 1 is 1.09 bits per heavy atom. The van der Waals surface area contributed by atoms with Crippen molar-refractivity contribution in [1.29, 1.82) is 0 Å². The fourth-order valence-corrected chi connectivity index (χ4v) is 3.39. The maximum absolute atomic E-state index is 13.2. The lowest BCUT2D eigenvalue weighted by Crippen LogP contribution is -2.23. The number of aromatic nitrogens is 2. The number of nitrogens with one attached hydrogen (secondary N) is 1. The van der Waals surface area contributed by atoms with Gasteiger partial charge in [-0.05, 0) is 35.4 Å². The highest BCUT2D eigenvalue weighted by atomic mass is 16.6. The highest BCUT2D eigenvalue weighted by molar-refractivity contribution is 5.69. The summed E-state index contributed by atoms with van der Waals surface area (Å²) >= 11 is 0. The fraction of sp³-hybridized carbons (Fsp3) is 0.154. The summed E-state index contributed by atoms with van der Waals surface area (Å²) in [5, 5.41) is 11.0. The zero-order valence-corrected chi connectivity index (χ0v) is 19.0. The predicted molar refractivity (Wildman–Crippen MR) is 131 cm³/mol. The number of carbonyl (C=O) groups is 1. The van der Waals surface area contributed by atoms with E-state index in [0.29, 0.717) is 35.9 Å². The molecule has 3 rings (SSSR count). The lowest BCUT2D eigenvalue weighted by molar-refractivity contribution is -0.131. The Morgan fingerprint density at radius 3 is 2.35 bits per heavy atom. The highest BCUT2D eigenvalue weighted by Crippen LogP contribution is 2.25. The molecule has 0 saturated carbocycles. The van der Waals surface area contributed by atoms with Gasteiger partial charge in [-0.1, -0.05) is 43.0 Å². The third-order valence-corrected chi connectivity index (χ3v) is 4.96. The van der Waals surface area contributed by atoms with Gasteiger partial charge in [0.05, 0.1) is 23.7 Å². The molecule has 176 valence electrons. The number of hydroxylamine groups is 1. The summed E-state index contributed by atoms with van der Waals surface area (Å²) in [5.41, 5.74) is 5.43. The Morgan fingerprint density at radius 2 is 1.76 bits per heavy atom. The number of ether oxygens (including phenoxy) is 1. The first-order chi connectivity index (χ1) is 16.3. The van der Waals surface area contributed by atoms with Crippen LogP contribution < -0.4 is 15.9 Å². The lowest BCUT2D eigenvalue weighted by atomic mass is 10.1. The second-order valence-corrected chi connectivity index (χ2v) is 7.43. The van der Waals surface area contributed by atoms with Crippen LogP contribution in [-0.2, 0) is 22.6 Å². The van der Waals surface area contributed by atoms with Gasteiger partial charge in [-0.15, -0.1) is 13.2 Å². The van der Waals surface area contributed by atoms with E-state index >= 15 is 0 Å². The van der Waals surface area contributed by atoms with Crippen molar-refractivity contribution < 1.29 is 19.5 Å². The number of hydrogen-bond donors (Lipinski definition) is 2. The van der Waals surface area contributed by atoms with E-state index in [9.17, 15) is 14.7 Å². The molecular weight excluding hydrogens is 434 g/mol. The van der Waals surface area contributed by atoms with Gasteiger partial charge in [-0.25, -0.2) is 9.36 Å². The summed E-state index contributed by atoms with van der Waals surface area (Å²) in [5.74, 6) is -0.139. The summed E-state index contributed by atoms with van der Waals surface area (Å²) in [6.07, 6.45) is 3.50. The van der Waals surface area contributed by atoms with E-state index in [-0.39, 0.29) is 18.1 Å². The molecule has 0 aliphatic rings. The first-order valence-corrected chi connectivity index (χ1v) is 10.6. The summed E-state index contributed by atoms with van der Waals surface area (Å²) in [6.45, 7) is 13.1. The van der Waals surface area contributed by atoms with Gasteiger partial charge in [-0.2, -0.15) is 0 Å². The van der Waals surface area contributed by atoms with Crippen LogP contribution in [0.1, 0.15) is 23.7 Å². The molecule has 0 saturated heterocycles. The van der Waals surface area contributed by atoms with Crippen LogP contribution >= 0.6 is 0 Å². The normalized spacial score (nSPS) is 10.5. The van der Waals surface area contributed by atoms with Gasteiger partial charge >= 0.3 is 11.7 Å². The molecular formula is C26H27N3O5. The van der Waals surface area contributed by atoms with Crippen molar-refractivity contribution in [3.05, 3.63) is 108 Å². The maximum atomic E-state index is 13.2. The first kappa shape index (κ1) is 24.3. The van der Waals surface area contributed by atoms with Gasteiger partial charge in [-0.3, -0.25) is 19.7 Å². The summed E-state index contributed by atoms with van der Waals surface area (Å²) in [4.78, 5) is 29.5. The van der Waals surface area contributed by atoms with Gasteiger partial charge in [0, 0.05) is 19.9 Å². The quantitative estimate of drug-likeness (QED) is 0.149. The largest absolute Gasteiger partial charge is 0.493 e. The maximum Gasteiger partial charge on any atom is 0.336 e. The number of imidazole rings is 1. The van der Waals surface area contributed by atoms with Crippen molar-refractivity contribution in [2.45, 2.75) is 19.9 Å². The standard InChI is InChI=1S/C26H27N3O5/c1-5-15-28-24(17-20-7-13-23(14-8-20)34-19(4)30)25(31)29(26(28)32)22-11-9-21(10-12-22)18(3)27-33-16-6-2/h5-14,27,31H,1-3,15-17H2,4H3. The summed E-state index contributed by atoms with van der Waals surface area (Å²) in [6, 6.07) is 13.9. The Balaban J connectivity index is 1.91. The third kappa shape index (κ3) is 5.54. The summed E-state index contributed by atoms with van der Waals surface area (Å²) < 4.78 is 7.78. The number of allylic oxidation sites excluding steroid dienone is 1. The second kappa shape index (κ2) is 11.0. The minimum absolute atomic E-state index is 0.157. The Kier molecular flexibility index (Phi) is 7.89. The first-order valence-electron chi connectivity index (χ1n) is 10.6. The van der Waals surface area contributed by atoms with Crippen LogP contribution in [0.3, 0.4) is 0 Å². The molecule has 0 amide bonds. The molecule has 0 bridgehead atoms. The van der Waals surface area contributed by atoms with E-state index in [1.54, 1.807) is 60.7 Å². The number of benzene rings is 2.